The van der Waals surface area contributed by atoms with Crippen LogP contribution in [0.4, 0.5) is 0 Å². The lowest BCUT2D eigenvalue weighted by atomic mass is 9.97. The molecule has 0 N–H and O–H groups in total. The van der Waals surface area contributed by atoms with E-state index in [9.17, 15) is 4.79 Å². The minimum absolute atomic E-state index is 0.0269. The molecule has 0 rings (SSSR count). The number of unbranched alkanes of at least 4 members (excludes halogenated alkanes) is 37. The predicted octanol–water partition coefficient (Wildman–Crippen LogP) is 20.7. The Morgan fingerprint density at radius 2 is 0.603 bits per heavy atom. The van der Waals surface area contributed by atoms with Crippen molar-refractivity contribution in [1.82, 2.24) is 4.90 Å². The van der Waals surface area contributed by atoms with E-state index in [-0.39, 0.29) is 5.97 Å². The lowest BCUT2D eigenvalue weighted by Crippen LogP contribution is -2.15. The Labute approximate surface area is 398 Å². The first-order valence-corrected chi connectivity index (χ1v) is 29.2. The van der Waals surface area contributed by atoms with Gasteiger partial charge in [0.25, 0.3) is 0 Å². The molecule has 0 unspecified atom stereocenters. The molecule has 0 atom stereocenters. The van der Waals surface area contributed by atoms with Crippen molar-refractivity contribution in [3.8, 4) is 0 Å². The molecule has 0 heterocycles. The van der Waals surface area contributed by atoms with Gasteiger partial charge < -0.3 is 9.64 Å². The number of allylic oxidation sites excluding steroid dienone is 4. The van der Waals surface area contributed by atoms with E-state index in [0.717, 1.165) is 32.2 Å². The van der Waals surface area contributed by atoms with Gasteiger partial charge in [0, 0.05) is 6.42 Å². The molecule has 0 saturated heterocycles. The van der Waals surface area contributed by atoms with E-state index in [0.29, 0.717) is 13.0 Å². The molecule has 0 spiro atoms. The van der Waals surface area contributed by atoms with Crippen molar-refractivity contribution >= 4 is 5.97 Å². The maximum Gasteiger partial charge on any atom is 0.305 e. The first kappa shape index (κ1) is 61.9. The topological polar surface area (TPSA) is 29.5 Å². The highest BCUT2D eigenvalue weighted by Gasteiger charge is 2.05. The smallest absolute Gasteiger partial charge is 0.305 e. The van der Waals surface area contributed by atoms with Crippen molar-refractivity contribution in [3.05, 3.63) is 23.3 Å². The number of carbonyl (C=O) groups is 1. The molecule has 0 aliphatic rings. The zero-order chi connectivity index (χ0) is 45.8. The molecular formula is C60H117NO2. The van der Waals surface area contributed by atoms with Crippen LogP contribution in [0.1, 0.15) is 329 Å². The standard InChI is InChI=1S/C60H117NO2/c1-6-9-12-15-18-21-22-23-24-25-26-27-29-32-37-43-52-59(54-46-40-47-57-63-60(62)55-48-56-61(4)5)53-45-39-34-33-38-44-51-58(49-41-35-30-20-17-14-11-8-3)50-42-36-31-28-19-16-13-10-7-2/h51,54H,6-50,52-53,55-57H2,1-5H3. The molecule has 0 aromatic carbocycles. The maximum atomic E-state index is 12.1. The summed E-state index contributed by atoms with van der Waals surface area (Å²) in [4.78, 5) is 14.2. The number of rotatable bonds is 53. The minimum Gasteiger partial charge on any atom is -0.466 e. The molecule has 0 amide bonds. The Morgan fingerprint density at radius 3 is 0.905 bits per heavy atom. The van der Waals surface area contributed by atoms with Gasteiger partial charge in [-0.2, -0.15) is 0 Å². The molecule has 0 aliphatic carbocycles. The number of esters is 1. The van der Waals surface area contributed by atoms with Crippen molar-refractivity contribution in [2.45, 2.75) is 329 Å². The van der Waals surface area contributed by atoms with Gasteiger partial charge in [0.15, 0.2) is 0 Å². The third-order valence-electron chi connectivity index (χ3n) is 13.7. The van der Waals surface area contributed by atoms with Crippen LogP contribution < -0.4 is 0 Å². The van der Waals surface area contributed by atoms with Crippen LogP contribution in [0.3, 0.4) is 0 Å². The van der Waals surface area contributed by atoms with Crippen LogP contribution in [0.2, 0.25) is 0 Å². The fourth-order valence-electron chi connectivity index (χ4n) is 9.39. The van der Waals surface area contributed by atoms with E-state index in [1.165, 1.54) is 276 Å². The van der Waals surface area contributed by atoms with Crippen LogP contribution in [-0.4, -0.2) is 38.1 Å². The monoisotopic (exact) mass is 884 g/mol. The maximum absolute atomic E-state index is 12.1. The second-order valence-corrected chi connectivity index (χ2v) is 20.5. The summed E-state index contributed by atoms with van der Waals surface area (Å²) in [7, 11) is 4.11. The Kier molecular flexibility index (Phi) is 52.6. The van der Waals surface area contributed by atoms with Gasteiger partial charge in [-0.15, -0.1) is 0 Å². The van der Waals surface area contributed by atoms with Crippen LogP contribution in [-0.2, 0) is 9.53 Å². The lowest BCUT2D eigenvalue weighted by Gasteiger charge is -2.10. The van der Waals surface area contributed by atoms with Crippen LogP contribution in [0.25, 0.3) is 0 Å². The van der Waals surface area contributed by atoms with Crippen LogP contribution in [0.5, 0.6) is 0 Å². The van der Waals surface area contributed by atoms with Crippen LogP contribution in [0, 0.1) is 0 Å². The molecule has 0 fully saturated rings. The van der Waals surface area contributed by atoms with Crippen molar-refractivity contribution in [2.75, 3.05) is 27.2 Å². The molecule has 3 heteroatoms. The van der Waals surface area contributed by atoms with Crippen LogP contribution >= 0.6 is 0 Å². The third kappa shape index (κ3) is 51.8. The largest absolute Gasteiger partial charge is 0.466 e. The molecule has 0 radical (unpaired) electrons. The summed E-state index contributed by atoms with van der Waals surface area (Å²) in [6.07, 6.45) is 70.7. The van der Waals surface area contributed by atoms with Crippen LogP contribution in [0.15, 0.2) is 23.3 Å². The molecule has 0 aliphatic heterocycles. The van der Waals surface area contributed by atoms with Gasteiger partial charge in [-0.05, 0) is 111 Å². The van der Waals surface area contributed by atoms with Gasteiger partial charge in [0.2, 0.25) is 0 Å². The van der Waals surface area contributed by atoms with Crippen molar-refractivity contribution in [3.63, 3.8) is 0 Å². The summed E-state index contributed by atoms with van der Waals surface area (Å²) in [5.74, 6) is -0.0269. The Morgan fingerprint density at radius 1 is 0.333 bits per heavy atom. The second kappa shape index (κ2) is 53.5. The zero-order valence-corrected chi connectivity index (χ0v) is 44.3. The Hall–Kier alpha value is -1.09. The number of hydrogen-bond donors (Lipinski definition) is 0. The molecule has 0 bridgehead atoms. The summed E-state index contributed by atoms with van der Waals surface area (Å²) in [5.41, 5.74) is 3.51. The van der Waals surface area contributed by atoms with Crippen molar-refractivity contribution < 1.29 is 9.53 Å². The fraction of sp³-hybridized carbons (Fsp3) is 0.917. The average molecular weight is 885 g/mol. The van der Waals surface area contributed by atoms with Gasteiger partial charge in [0.1, 0.15) is 0 Å². The lowest BCUT2D eigenvalue weighted by molar-refractivity contribution is -0.143. The molecular weight excluding hydrogens is 767 g/mol. The normalized spacial score (nSPS) is 12.3. The van der Waals surface area contributed by atoms with E-state index >= 15 is 0 Å². The molecule has 0 saturated carbocycles. The molecule has 63 heavy (non-hydrogen) atoms. The summed E-state index contributed by atoms with van der Waals surface area (Å²) in [5, 5.41) is 0. The third-order valence-corrected chi connectivity index (χ3v) is 13.7. The van der Waals surface area contributed by atoms with Crippen molar-refractivity contribution in [1.29, 1.82) is 0 Å². The second-order valence-electron chi connectivity index (χ2n) is 20.5. The Balaban J connectivity index is 4.58. The number of carbonyl (C=O) groups excluding carboxylic acids is 1. The SMILES string of the molecule is CCCCCCCCCCCCCCCCCCC(=CCCCCOC(=O)CCCN(C)C)CCCCCCCC=C(CCCCCCCCCC)CCCCCCCCCCC. The average Bonchev–Trinajstić information content (AvgIpc) is 3.27. The first-order chi connectivity index (χ1) is 31.0. The Bertz CT molecular complexity index is 952. The zero-order valence-electron chi connectivity index (χ0n) is 44.3. The predicted molar refractivity (Wildman–Crippen MR) is 284 cm³/mol. The van der Waals surface area contributed by atoms with Gasteiger partial charge in [-0.25, -0.2) is 0 Å². The highest BCUT2D eigenvalue weighted by Crippen LogP contribution is 2.23. The minimum atomic E-state index is -0.0269. The van der Waals surface area contributed by atoms with Gasteiger partial charge in [0.05, 0.1) is 6.61 Å². The van der Waals surface area contributed by atoms with Crippen molar-refractivity contribution in [2.24, 2.45) is 0 Å². The van der Waals surface area contributed by atoms with Gasteiger partial charge in [-0.1, -0.05) is 256 Å². The molecule has 0 aromatic heterocycles. The van der Waals surface area contributed by atoms with E-state index in [4.69, 9.17) is 4.74 Å². The number of nitrogens with zero attached hydrogens (tertiary/aromatic N) is 1. The van der Waals surface area contributed by atoms with E-state index < -0.39 is 0 Å². The molecule has 3 nitrogen and oxygen atoms in total. The first-order valence-electron chi connectivity index (χ1n) is 29.2. The number of ether oxygens (including phenoxy) is 1. The molecule has 0 aromatic rings. The van der Waals surface area contributed by atoms with E-state index in [1.807, 2.05) is 0 Å². The summed E-state index contributed by atoms with van der Waals surface area (Å²) in [6, 6.07) is 0. The number of hydrogen-bond acceptors (Lipinski definition) is 3. The summed E-state index contributed by atoms with van der Waals surface area (Å²) in [6.45, 7) is 8.48. The molecule has 374 valence electrons. The van der Waals surface area contributed by atoms with Gasteiger partial charge >= 0.3 is 5.97 Å². The highest BCUT2D eigenvalue weighted by atomic mass is 16.5. The van der Waals surface area contributed by atoms with E-state index in [1.54, 1.807) is 11.1 Å². The highest BCUT2D eigenvalue weighted by molar-refractivity contribution is 5.69. The summed E-state index contributed by atoms with van der Waals surface area (Å²) >= 11 is 0. The quantitative estimate of drug-likeness (QED) is 0.0346. The fourth-order valence-corrected chi connectivity index (χ4v) is 9.39. The summed E-state index contributed by atoms with van der Waals surface area (Å²) < 4.78 is 5.53. The van der Waals surface area contributed by atoms with Gasteiger partial charge in [-0.3, -0.25) is 4.79 Å². The van der Waals surface area contributed by atoms with E-state index in [2.05, 4.69) is 51.9 Å².